The molecular weight excluding hydrogens is 264 g/mol. The highest BCUT2D eigenvalue weighted by atomic mass is 16.4. The Hall–Kier alpha value is -0.830. The van der Waals surface area contributed by atoms with Crippen molar-refractivity contribution < 1.29 is 15.0 Å². The molecule has 0 aliphatic carbocycles. The number of allylic oxidation sites excluding steroid dienone is 2. The van der Waals surface area contributed by atoms with E-state index in [-0.39, 0.29) is 6.42 Å². The Morgan fingerprint density at radius 3 is 2.10 bits per heavy atom. The molecule has 0 rings (SSSR count). The van der Waals surface area contributed by atoms with E-state index in [9.17, 15) is 9.90 Å². The molecule has 0 aromatic rings. The average molecular weight is 298 g/mol. The Bertz CT molecular complexity index is 261. The van der Waals surface area contributed by atoms with Crippen LogP contribution in [0.3, 0.4) is 0 Å². The molecule has 21 heavy (non-hydrogen) atoms. The van der Waals surface area contributed by atoms with Gasteiger partial charge in [-0.25, -0.2) is 0 Å². The highest BCUT2D eigenvalue weighted by molar-refractivity contribution is 5.66. The second-order valence-corrected chi connectivity index (χ2v) is 5.90. The van der Waals surface area contributed by atoms with Gasteiger partial charge in [-0.05, 0) is 38.5 Å². The minimum atomic E-state index is -0.827. The molecule has 0 fully saturated rings. The first-order chi connectivity index (χ1) is 10.2. The molecular formula is C18H34O3. The minimum absolute atomic E-state index is 0.0688. The predicted octanol–water partition coefficient (Wildman–Crippen LogP) is 5.08. The van der Waals surface area contributed by atoms with E-state index >= 15 is 0 Å². The van der Waals surface area contributed by atoms with Crippen LogP contribution in [0.5, 0.6) is 0 Å². The van der Waals surface area contributed by atoms with Crippen molar-refractivity contribution >= 4 is 5.97 Å². The van der Waals surface area contributed by atoms with E-state index in [2.05, 4.69) is 19.1 Å². The topological polar surface area (TPSA) is 57.5 Å². The summed E-state index contributed by atoms with van der Waals surface area (Å²) in [6.07, 6.45) is 17.6. The third-order valence-electron chi connectivity index (χ3n) is 3.74. The molecule has 1 atom stereocenters. The van der Waals surface area contributed by atoms with Gasteiger partial charge in [0.15, 0.2) is 0 Å². The summed E-state index contributed by atoms with van der Waals surface area (Å²) in [5, 5.41) is 18.1. The van der Waals surface area contributed by atoms with Gasteiger partial charge in [0.1, 0.15) is 0 Å². The second kappa shape index (κ2) is 15.6. The molecule has 0 bridgehead atoms. The van der Waals surface area contributed by atoms with Crippen molar-refractivity contribution in [1.29, 1.82) is 0 Å². The summed E-state index contributed by atoms with van der Waals surface area (Å²) in [4.78, 5) is 10.4. The smallest absolute Gasteiger partial charge is 0.303 e. The van der Waals surface area contributed by atoms with Crippen LogP contribution in [-0.2, 0) is 4.79 Å². The molecule has 3 heteroatoms. The van der Waals surface area contributed by atoms with Crippen LogP contribution in [0.25, 0.3) is 0 Å². The number of rotatable bonds is 15. The van der Waals surface area contributed by atoms with Crippen molar-refractivity contribution in [3.05, 3.63) is 12.2 Å². The van der Waals surface area contributed by atoms with Crippen LogP contribution in [0, 0.1) is 0 Å². The van der Waals surface area contributed by atoms with Crippen LogP contribution >= 0.6 is 0 Å². The maximum absolute atomic E-state index is 10.4. The van der Waals surface area contributed by atoms with Crippen molar-refractivity contribution in [1.82, 2.24) is 0 Å². The summed E-state index contributed by atoms with van der Waals surface area (Å²) in [7, 11) is 0. The highest BCUT2D eigenvalue weighted by Gasteiger charge is 2.06. The molecule has 0 amide bonds. The lowest BCUT2D eigenvalue weighted by Crippen LogP contribution is -2.09. The molecule has 0 aliphatic heterocycles. The normalized spacial score (nSPS) is 12.9. The summed E-state index contributed by atoms with van der Waals surface area (Å²) >= 11 is 0. The summed E-state index contributed by atoms with van der Waals surface area (Å²) in [6.45, 7) is 2.24. The lowest BCUT2D eigenvalue weighted by atomic mass is 10.1. The van der Waals surface area contributed by atoms with Crippen molar-refractivity contribution in [3.8, 4) is 0 Å². The molecule has 0 saturated carbocycles. The quantitative estimate of drug-likeness (QED) is 0.327. The van der Waals surface area contributed by atoms with E-state index in [0.29, 0.717) is 6.42 Å². The molecule has 0 heterocycles. The lowest BCUT2D eigenvalue weighted by Gasteiger charge is -2.07. The maximum atomic E-state index is 10.4. The molecule has 0 saturated heterocycles. The van der Waals surface area contributed by atoms with Gasteiger partial charge in [-0.1, -0.05) is 57.6 Å². The van der Waals surface area contributed by atoms with Crippen LogP contribution in [0.15, 0.2) is 12.2 Å². The van der Waals surface area contributed by atoms with E-state index in [4.69, 9.17) is 5.11 Å². The Morgan fingerprint density at radius 2 is 1.48 bits per heavy atom. The van der Waals surface area contributed by atoms with Crippen LogP contribution in [0.1, 0.15) is 90.4 Å². The van der Waals surface area contributed by atoms with Crippen molar-refractivity contribution in [2.45, 2.75) is 96.5 Å². The lowest BCUT2D eigenvalue weighted by molar-refractivity contribution is -0.137. The van der Waals surface area contributed by atoms with Gasteiger partial charge >= 0.3 is 5.97 Å². The first kappa shape index (κ1) is 20.2. The fraction of sp³-hybridized carbons (Fsp3) is 0.833. The number of carboxylic acid groups (broad SMARTS) is 1. The Balaban J connectivity index is 3.23. The predicted molar refractivity (Wildman–Crippen MR) is 88.5 cm³/mol. The van der Waals surface area contributed by atoms with Gasteiger partial charge in [0.2, 0.25) is 0 Å². The second-order valence-electron chi connectivity index (χ2n) is 5.90. The van der Waals surface area contributed by atoms with E-state index in [1.54, 1.807) is 0 Å². The van der Waals surface area contributed by atoms with Gasteiger partial charge < -0.3 is 10.2 Å². The fourth-order valence-electron chi connectivity index (χ4n) is 2.35. The van der Waals surface area contributed by atoms with Crippen LogP contribution in [0.2, 0.25) is 0 Å². The minimum Gasteiger partial charge on any atom is -0.481 e. The SMILES string of the molecule is CCCCCCCC/C=C\CCCCC(O)CCC(=O)O. The standard InChI is InChI=1S/C18H34O3/c1-2-3-4-5-6-7-8-9-10-11-12-13-14-17(19)15-16-18(20)21/h9-10,17,19H,2-8,11-16H2,1H3,(H,20,21)/b10-9-. The number of aliphatic carboxylic acids is 1. The van der Waals surface area contributed by atoms with Gasteiger partial charge in [-0.2, -0.15) is 0 Å². The van der Waals surface area contributed by atoms with Gasteiger partial charge in [0, 0.05) is 6.42 Å². The molecule has 0 aromatic heterocycles. The third kappa shape index (κ3) is 17.1. The van der Waals surface area contributed by atoms with Crippen LogP contribution < -0.4 is 0 Å². The molecule has 0 aromatic carbocycles. The molecule has 1 unspecified atom stereocenters. The number of unbranched alkanes of at least 4 members (excludes halogenated alkanes) is 8. The van der Waals surface area contributed by atoms with Crippen LogP contribution in [0.4, 0.5) is 0 Å². The Labute approximate surface area is 130 Å². The monoisotopic (exact) mass is 298 g/mol. The van der Waals surface area contributed by atoms with Gasteiger partial charge in [-0.3, -0.25) is 4.79 Å². The number of hydrogen-bond donors (Lipinski definition) is 2. The van der Waals surface area contributed by atoms with Gasteiger partial charge in [0.25, 0.3) is 0 Å². The van der Waals surface area contributed by atoms with Crippen molar-refractivity contribution in [2.75, 3.05) is 0 Å². The maximum Gasteiger partial charge on any atom is 0.303 e. The highest BCUT2D eigenvalue weighted by Crippen LogP contribution is 2.10. The van der Waals surface area contributed by atoms with E-state index in [0.717, 1.165) is 25.7 Å². The van der Waals surface area contributed by atoms with Gasteiger partial charge in [-0.15, -0.1) is 0 Å². The van der Waals surface area contributed by atoms with Gasteiger partial charge in [0.05, 0.1) is 6.10 Å². The fourth-order valence-corrected chi connectivity index (χ4v) is 2.35. The number of aliphatic hydroxyl groups is 1. The summed E-state index contributed by atoms with van der Waals surface area (Å²) < 4.78 is 0. The van der Waals surface area contributed by atoms with E-state index in [1.807, 2.05) is 0 Å². The summed E-state index contributed by atoms with van der Waals surface area (Å²) in [5.41, 5.74) is 0. The first-order valence-corrected chi connectivity index (χ1v) is 8.71. The molecule has 124 valence electrons. The zero-order valence-electron chi connectivity index (χ0n) is 13.7. The largest absolute Gasteiger partial charge is 0.481 e. The zero-order chi connectivity index (χ0) is 15.8. The third-order valence-corrected chi connectivity index (χ3v) is 3.74. The van der Waals surface area contributed by atoms with Crippen molar-refractivity contribution in [2.24, 2.45) is 0 Å². The average Bonchev–Trinajstić information content (AvgIpc) is 2.46. The van der Waals surface area contributed by atoms with E-state index in [1.165, 1.54) is 44.9 Å². The molecule has 2 N–H and O–H groups in total. The summed E-state index contributed by atoms with van der Waals surface area (Å²) in [5.74, 6) is -0.827. The summed E-state index contributed by atoms with van der Waals surface area (Å²) in [6, 6.07) is 0. The van der Waals surface area contributed by atoms with E-state index < -0.39 is 12.1 Å². The first-order valence-electron chi connectivity index (χ1n) is 8.71. The number of carbonyl (C=O) groups is 1. The number of carboxylic acids is 1. The van der Waals surface area contributed by atoms with Crippen molar-refractivity contribution in [3.63, 3.8) is 0 Å². The molecule has 0 spiro atoms. The number of hydrogen-bond acceptors (Lipinski definition) is 2. The molecule has 0 aliphatic rings. The van der Waals surface area contributed by atoms with Crippen LogP contribution in [-0.4, -0.2) is 22.3 Å². The molecule has 0 radical (unpaired) electrons. The Morgan fingerprint density at radius 1 is 0.905 bits per heavy atom. The number of aliphatic hydroxyl groups excluding tert-OH is 1. The Kier molecular flexibility index (Phi) is 14.9. The zero-order valence-corrected chi connectivity index (χ0v) is 13.7. The molecule has 3 nitrogen and oxygen atoms in total.